The summed E-state index contributed by atoms with van der Waals surface area (Å²) in [6, 6.07) is 10.4. The molecule has 182 valence electrons. The highest BCUT2D eigenvalue weighted by Crippen LogP contribution is 2.23. The summed E-state index contributed by atoms with van der Waals surface area (Å²) in [4.78, 5) is 48.1. The van der Waals surface area contributed by atoms with E-state index in [0.717, 1.165) is 5.56 Å². The molecule has 2 atom stereocenters. The van der Waals surface area contributed by atoms with Crippen molar-refractivity contribution in [3.63, 3.8) is 0 Å². The van der Waals surface area contributed by atoms with Gasteiger partial charge in [0.15, 0.2) is 0 Å². The van der Waals surface area contributed by atoms with E-state index >= 15 is 0 Å². The van der Waals surface area contributed by atoms with Gasteiger partial charge in [-0.2, -0.15) is 0 Å². The Bertz CT molecular complexity index is 1060. The zero-order valence-corrected chi connectivity index (χ0v) is 19.4. The fourth-order valence-corrected chi connectivity index (χ4v) is 3.48. The Morgan fingerprint density at radius 2 is 1.82 bits per heavy atom. The zero-order valence-electron chi connectivity index (χ0n) is 19.4. The maximum Gasteiger partial charge on any atom is 0.337 e. The van der Waals surface area contributed by atoms with Crippen molar-refractivity contribution in [3.8, 4) is 5.75 Å². The van der Waals surface area contributed by atoms with Gasteiger partial charge in [-0.1, -0.05) is 31.2 Å². The van der Waals surface area contributed by atoms with Crippen molar-refractivity contribution in [2.24, 2.45) is 5.92 Å². The number of aromatic carboxylic acids is 1. The summed E-state index contributed by atoms with van der Waals surface area (Å²) in [5.74, 6) is -2.13. The minimum atomic E-state index is -1.14. The van der Waals surface area contributed by atoms with E-state index in [1.807, 2.05) is 19.1 Å². The van der Waals surface area contributed by atoms with E-state index in [4.69, 9.17) is 15.6 Å². The summed E-state index contributed by atoms with van der Waals surface area (Å²) in [6.07, 6.45) is 0.720. The number of anilines is 1. The van der Waals surface area contributed by atoms with Crippen LogP contribution in [0.2, 0.25) is 0 Å². The van der Waals surface area contributed by atoms with Crippen LogP contribution in [0.25, 0.3) is 0 Å². The van der Waals surface area contributed by atoms with Crippen LogP contribution < -0.4 is 26.4 Å². The lowest BCUT2D eigenvalue weighted by molar-refractivity contribution is -0.124. The molecule has 0 saturated carbocycles. The van der Waals surface area contributed by atoms with Crippen molar-refractivity contribution < 1.29 is 29.0 Å². The summed E-state index contributed by atoms with van der Waals surface area (Å²) in [6.45, 7) is 3.21. The Hall–Kier alpha value is -4.08. The molecule has 6 N–H and O–H groups in total. The topological polar surface area (TPSA) is 160 Å². The molecule has 10 nitrogen and oxygen atoms in total. The second-order valence-electron chi connectivity index (χ2n) is 7.73. The Morgan fingerprint density at radius 3 is 2.41 bits per heavy atom. The van der Waals surface area contributed by atoms with Crippen molar-refractivity contribution in [1.82, 2.24) is 16.0 Å². The SMILES string of the molecule is CCC(NC(=O)NC(=O)[C@@H](CNC(C)=O)Cc1ccccc1OC)c1ccc(C(=O)O)c(N)c1. The second kappa shape index (κ2) is 12.2. The predicted octanol–water partition coefficient (Wildman–Crippen LogP) is 2.25. The third kappa shape index (κ3) is 7.22. The fraction of sp³-hybridized carbons (Fsp3) is 0.333. The average Bonchev–Trinajstić information content (AvgIpc) is 2.79. The molecule has 0 spiro atoms. The van der Waals surface area contributed by atoms with Gasteiger partial charge in [-0.25, -0.2) is 9.59 Å². The monoisotopic (exact) mass is 470 g/mol. The van der Waals surface area contributed by atoms with E-state index in [0.29, 0.717) is 17.7 Å². The van der Waals surface area contributed by atoms with Gasteiger partial charge in [-0.05, 0) is 42.2 Å². The van der Waals surface area contributed by atoms with Crippen LogP contribution in [0.3, 0.4) is 0 Å². The van der Waals surface area contributed by atoms with Crippen LogP contribution in [0.4, 0.5) is 10.5 Å². The van der Waals surface area contributed by atoms with Crippen molar-refractivity contribution in [2.75, 3.05) is 19.4 Å². The van der Waals surface area contributed by atoms with Gasteiger partial charge in [0.2, 0.25) is 11.8 Å². The third-order valence-electron chi connectivity index (χ3n) is 5.29. The van der Waals surface area contributed by atoms with Crippen LogP contribution in [0.15, 0.2) is 42.5 Å². The van der Waals surface area contributed by atoms with E-state index in [1.54, 1.807) is 18.2 Å². The fourth-order valence-electron chi connectivity index (χ4n) is 3.48. The molecule has 0 fully saturated rings. The molecule has 34 heavy (non-hydrogen) atoms. The minimum Gasteiger partial charge on any atom is -0.496 e. The number of nitrogen functional groups attached to an aromatic ring is 1. The number of rotatable bonds is 10. The molecule has 2 aromatic rings. The van der Waals surface area contributed by atoms with Gasteiger partial charge >= 0.3 is 12.0 Å². The number of carboxylic acids is 1. The first-order valence-corrected chi connectivity index (χ1v) is 10.8. The number of para-hydroxylation sites is 1. The number of nitrogens with one attached hydrogen (secondary N) is 3. The molecule has 1 unspecified atom stereocenters. The highest BCUT2D eigenvalue weighted by Gasteiger charge is 2.24. The number of hydrogen-bond donors (Lipinski definition) is 5. The van der Waals surface area contributed by atoms with Gasteiger partial charge in [0.05, 0.1) is 24.6 Å². The molecule has 2 rings (SSSR count). The molecule has 0 saturated heterocycles. The lowest BCUT2D eigenvalue weighted by Gasteiger charge is -2.21. The average molecular weight is 471 g/mol. The normalized spacial score (nSPS) is 12.2. The van der Waals surface area contributed by atoms with E-state index in [2.05, 4.69) is 16.0 Å². The maximum atomic E-state index is 12.9. The first-order valence-electron chi connectivity index (χ1n) is 10.8. The third-order valence-corrected chi connectivity index (χ3v) is 5.29. The number of urea groups is 1. The predicted molar refractivity (Wildman–Crippen MR) is 126 cm³/mol. The number of nitrogens with two attached hydrogens (primary N) is 1. The lowest BCUT2D eigenvalue weighted by atomic mass is 9.97. The number of imide groups is 1. The summed E-state index contributed by atoms with van der Waals surface area (Å²) >= 11 is 0. The van der Waals surface area contributed by atoms with Crippen LogP contribution >= 0.6 is 0 Å². The van der Waals surface area contributed by atoms with Gasteiger partial charge in [0, 0.05) is 19.2 Å². The largest absolute Gasteiger partial charge is 0.496 e. The summed E-state index contributed by atoms with van der Waals surface area (Å²) in [5.41, 5.74) is 7.23. The molecule has 0 aliphatic carbocycles. The summed E-state index contributed by atoms with van der Waals surface area (Å²) in [7, 11) is 1.52. The number of methoxy groups -OCH3 is 1. The number of amides is 4. The molecular formula is C24H30N4O6. The van der Waals surface area contributed by atoms with Crippen LogP contribution in [0.5, 0.6) is 5.75 Å². The van der Waals surface area contributed by atoms with Crippen LogP contribution in [-0.2, 0) is 16.0 Å². The van der Waals surface area contributed by atoms with Crippen LogP contribution in [-0.4, -0.2) is 42.6 Å². The molecule has 4 amide bonds. The first kappa shape index (κ1) is 26.2. The van der Waals surface area contributed by atoms with Gasteiger partial charge in [-0.15, -0.1) is 0 Å². The van der Waals surface area contributed by atoms with Gasteiger partial charge < -0.3 is 26.2 Å². The quantitative estimate of drug-likeness (QED) is 0.333. The van der Waals surface area contributed by atoms with Gasteiger partial charge in [0.25, 0.3) is 0 Å². The van der Waals surface area contributed by atoms with Crippen molar-refractivity contribution in [1.29, 1.82) is 0 Å². The molecule has 0 aliphatic heterocycles. The maximum absolute atomic E-state index is 12.9. The number of hydrogen-bond acceptors (Lipinski definition) is 6. The Labute approximate surface area is 197 Å². The van der Waals surface area contributed by atoms with Gasteiger partial charge in [-0.3, -0.25) is 14.9 Å². The molecule has 0 heterocycles. The summed E-state index contributed by atoms with van der Waals surface area (Å²) < 4.78 is 5.34. The smallest absolute Gasteiger partial charge is 0.337 e. The molecule has 2 aromatic carbocycles. The van der Waals surface area contributed by atoms with Crippen molar-refractivity contribution >= 4 is 29.5 Å². The number of benzene rings is 2. The Balaban J connectivity index is 2.12. The highest BCUT2D eigenvalue weighted by molar-refractivity contribution is 5.96. The molecule has 0 bridgehead atoms. The lowest BCUT2D eigenvalue weighted by Crippen LogP contribution is -2.46. The second-order valence-corrected chi connectivity index (χ2v) is 7.73. The van der Waals surface area contributed by atoms with Crippen molar-refractivity contribution in [3.05, 3.63) is 59.2 Å². The number of carbonyl (C=O) groups excluding carboxylic acids is 3. The summed E-state index contributed by atoms with van der Waals surface area (Å²) in [5, 5.41) is 16.8. The van der Waals surface area contributed by atoms with E-state index in [1.165, 1.54) is 26.2 Å². The zero-order chi connectivity index (χ0) is 25.3. The number of carbonyl (C=O) groups is 4. The Kier molecular flexibility index (Phi) is 9.42. The van der Waals surface area contributed by atoms with E-state index in [9.17, 15) is 19.2 Å². The minimum absolute atomic E-state index is 0.0321. The molecular weight excluding hydrogens is 440 g/mol. The first-order chi connectivity index (χ1) is 16.2. The van der Waals surface area contributed by atoms with Crippen LogP contribution in [0.1, 0.15) is 47.8 Å². The van der Waals surface area contributed by atoms with Gasteiger partial charge in [0.1, 0.15) is 5.75 Å². The van der Waals surface area contributed by atoms with E-state index in [-0.39, 0.29) is 30.1 Å². The van der Waals surface area contributed by atoms with E-state index < -0.39 is 29.9 Å². The molecule has 0 radical (unpaired) electrons. The highest BCUT2D eigenvalue weighted by atomic mass is 16.5. The molecule has 10 heteroatoms. The van der Waals surface area contributed by atoms with Crippen LogP contribution in [0, 0.1) is 5.92 Å². The number of ether oxygens (including phenoxy) is 1. The Morgan fingerprint density at radius 1 is 1.12 bits per heavy atom. The standard InChI is InChI=1S/C24H30N4O6/c1-4-20(15-9-10-18(23(31)32)19(25)12-15)27-24(33)28-22(30)17(13-26-14(2)29)11-16-7-5-6-8-21(16)34-3/h5-10,12,17,20H,4,11,13,25H2,1-3H3,(H,26,29)(H,31,32)(H2,27,28,30,33)/t17-,20?/m1/s1. The number of carboxylic acid groups (broad SMARTS) is 1. The molecule has 0 aromatic heterocycles. The molecule has 0 aliphatic rings. The van der Waals surface area contributed by atoms with Crippen molar-refractivity contribution in [2.45, 2.75) is 32.7 Å².